The molecule has 2 aromatic rings. The fourth-order valence-corrected chi connectivity index (χ4v) is 2.99. The second-order valence-electron chi connectivity index (χ2n) is 7.77. The third kappa shape index (κ3) is 5.42. The summed E-state index contributed by atoms with van der Waals surface area (Å²) in [6, 6.07) is 3.45. The fraction of sp³-hybridized carbons (Fsp3) is 0.579. The highest BCUT2D eigenvalue weighted by Crippen LogP contribution is 2.25. The molecule has 2 aromatic heterocycles. The molecule has 1 fully saturated rings. The number of nitrogens with zero attached hydrogens (tertiary/aromatic N) is 4. The molecule has 0 aromatic carbocycles. The second kappa shape index (κ2) is 8.45. The van der Waals surface area contributed by atoms with Crippen molar-refractivity contribution in [3.05, 3.63) is 29.4 Å². The van der Waals surface area contributed by atoms with Gasteiger partial charge in [-0.15, -0.1) is 0 Å². The maximum absolute atomic E-state index is 12.1. The fourth-order valence-electron chi connectivity index (χ4n) is 2.87. The van der Waals surface area contributed by atoms with Crippen molar-refractivity contribution in [2.24, 2.45) is 0 Å². The predicted octanol–water partition coefficient (Wildman–Crippen LogP) is 4.26. The minimum atomic E-state index is -0.492. The molecule has 3 rings (SSSR count). The van der Waals surface area contributed by atoms with Crippen LogP contribution in [0.15, 0.2) is 22.9 Å². The number of rotatable bonds is 4. The molecule has 3 heterocycles. The van der Waals surface area contributed by atoms with Crippen LogP contribution in [0, 0.1) is 0 Å². The van der Waals surface area contributed by atoms with Crippen molar-refractivity contribution in [3.63, 3.8) is 0 Å². The van der Waals surface area contributed by atoms with Crippen LogP contribution in [0.5, 0.6) is 0 Å². The summed E-state index contributed by atoms with van der Waals surface area (Å²) in [5, 5.41) is 4.39. The number of aromatic nitrogens is 3. The Kier molecular flexibility index (Phi) is 6.20. The van der Waals surface area contributed by atoms with Gasteiger partial charge in [-0.2, -0.15) is 4.98 Å². The average Bonchev–Trinajstić information content (AvgIpc) is 3.12. The summed E-state index contributed by atoms with van der Waals surface area (Å²) in [6.45, 7) is 8.65. The number of halogens is 1. The molecule has 0 N–H and O–H groups in total. The molecule has 8 nitrogen and oxygen atoms in total. The van der Waals surface area contributed by atoms with E-state index in [1.54, 1.807) is 23.2 Å². The van der Waals surface area contributed by atoms with Crippen molar-refractivity contribution in [3.8, 4) is 11.4 Å². The zero-order chi connectivity index (χ0) is 20.3. The van der Waals surface area contributed by atoms with Crippen LogP contribution in [-0.4, -0.2) is 50.9 Å². The van der Waals surface area contributed by atoms with E-state index in [1.807, 2.05) is 27.7 Å². The molecule has 1 aliphatic heterocycles. The molecule has 28 heavy (non-hydrogen) atoms. The van der Waals surface area contributed by atoms with E-state index in [0.717, 1.165) is 18.4 Å². The smallest absolute Gasteiger partial charge is 0.410 e. The van der Waals surface area contributed by atoms with Crippen LogP contribution in [-0.2, 0) is 9.47 Å². The highest BCUT2D eigenvalue weighted by atomic mass is 35.5. The number of hydrogen-bond donors (Lipinski definition) is 0. The number of ether oxygens (including phenoxy) is 2. The van der Waals surface area contributed by atoms with Crippen molar-refractivity contribution in [1.29, 1.82) is 0 Å². The first-order valence-electron chi connectivity index (χ1n) is 9.30. The molecule has 0 radical (unpaired) electrons. The summed E-state index contributed by atoms with van der Waals surface area (Å²) in [4.78, 5) is 22.3. The first-order valence-corrected chi connectivity index (χ1v) is 9.68. The summed E-state index contributed by atoms with van der Waals surface area (Å²) < 4.78 is 16.8. The standard InChI is InChI=1S/C19H25ClN4O4/c1-12(17-22-16(23-28-17)13-5-6-15(20)21-11-13)26-14-7-9-24(10-8-14)18(25)27-19(2,3)4/h5-6,11-12,14H,7-10H2,1-4H3/t12-/m1/s1. The Bertz CT molecular complexity index is 795. The van der Waals surface area contributed by atoms with E-state index in [0.29, 0.717) is 30.0 Å². The number of carbonyl (C=O) groups is 1. The minimum Gasteiger partial charge on any atom is -0.444 e. The van der Waals surface area contributed by atoms with Gasteiger partial charge in [0.15, 0.2) is 0 Å². The molecule has 152 valence electrons. The van der Waals surface area contributed by atoms with E-state index < -0.39 is 5.60 Å². The van der Waals surface area contributed by atoms with Crippen LogP contribution in [0.1, 0.15) is 52.5 Å². The summed E-state index contributed by atoms with van der Waals surface area (Å²) >= 11 is 5.80. The summed E-state index contributed by atoms with van der Waals surface area (Å²) in [5.74, 6) is 0.842. The number of carbonyl (C=O) groups excluding carboxylic acids is 1. The van der Waals surface area contributed by atoms with E-state index in [4.69, 9.17) is 25.6 Å². The molecule has 0 aliphatic carbocycles. The maximum atomic E-state index is 12.1. The summed E-state index contributed by atoms with van der Waals surface area (Å²) in [5.41, 5.74) is 0.228. The van der Waals surface area contributed by atoms with Gasteiger partial charge >= 0.3 is 6.09 Å². The second-order valence-corrected chi connectivity index (χ2v) is 8.16. The Labute approximate surface area is 169 Å². The zero-order valence-electron chi connectivity index (χ0n) is 16.5. The van der Waals surface area contributed by atoms with Crippen LogP contribution in [0.3, 0.4) is 0 Å². The first kappa shape index (κ1) is 20.5. The summed E-state index contributed by atoms with van der Waals surface area (Å²) in [7, 11) is 0. The largest absolute Gasteiger partial charge is 0.444 e. The number of piperidine rings is 1. The van der Waals surface area contributed by atoms with Crippen LogP contribution in [0.25, 0.3) is 11.4 Å². The molecule has 1 atom stereocenters. The topological polar surface area (TPSA) is 90.6 Å². The molecule has 1 aliphatic rings. The first-order chi connectivity index (χ1) is 13.2. The zero-order valence-corrected chi connectivity index (χ0v) is 17.3. The molecule has 9 heteroatoms. The molecule has 0 spiro atoms. The highest BCUT2D eigenvalue weighted by Gasteiger charge is 2.29. The molecular weight excluding hydrogens is 384 g/mol. The van der Waals surface area contributed by atoms with Gasteiger partial charge in [0.2, 0.25) is 5.82 Å². The van der Waals surface area contributed by atoms with E-state index in [9.17, 15) is 4.79 Å². The Morgan fingerprint density at radius 2 is 2.04 bits per heavy atom. The van der Waals surface area contributed by atoms with Gasteiger partial charge < -0.3 is 18.9 Å². The Hall–Kier alpha value is -2.19. The predicted molar refractivity (Wildman–Crippen MR) is 103 cm³/mol. The third-order valence-electron chi connectivity index (χ3n) is 4.27. The molecule has 1 amide bonds. The van der Waals surface area contributed by atoms with Gasteiger partial charge in [-0.1, -0.05) is 16.8 Å². The van der Waals surface area contributed by atoms with Gasteiger partial charge in [-0.3, -0.25) is 0 Å². The quantitative estimate of drug-likeness (QED) is 0.698. The van der Waals surface area contributed by atoms with Crippen LogP contribution in [0.4, 0.5) is 4.79 Å². The van der Waals surface area contributed by atoms with Gasteiger partial charge in [0.05, 0.1) is 6.10 Å². The number of hydrogen-bond acceptors (Lipinski definition) is 7. The molecule has 0 unspecified atom stereocenters. The van der Waals surface area contributed by atoms with Crippen LogP contribution < -0.4 is 0 Å². The van der Waals surface area contributed by atoms with E-state index >= 15 is 0 Å². The Morgan fingerprint density at radius 3 is 2.64 bits per heavy atom. The van der Waals surface area contributed by atoms with Gasteiger partial charge in [0.25, 0.3) is 5.89 Å². The minimum absolute atomic E-state index is 0.0150. The van der Waals surface area contributed by atoms with E-state index in [-0.39, 0.29) is 18.3 Å². The molecule has 1 saturated heterocycles. The average molecular weight is 409 g/mol. The summed E-state index contributed by atoms with van der Waals surface area (Å²) in [6.07, 6.45) is 2.43. The lowest BCUT2D eigenvalue weighted by molar-refractivity contribution is -0.0509. The lowest BCUT2D eigenvalue weighted by Gasteiger charge is -2.34. The van der Waals surface area contributed by atoms with Crippen molar-refractivity contribution in [2.75, 3.05) is 13.1 Å². The van der Waals surface area contributed by atoms with Gasteiger partial charge in [-0.05, 0) is 52.7 Å². The van der Waals surface area contributed by atoms with Crippen molar-refractivity contribution >= 4 is 17.7 Å². The van der Waals surface area contributed by atoms with E-state index in [2.05, 4.69) is 15.1 Å². The van der Waals surface area contributed by atoms with Crippen molar-refractivity contribution in [1.82, 2.24) is 20.0 Å². The highest BCUT2D eigenvalue weighted by molar-refractivity contribution is 6.29. The van der Waals surface area contributed by atoms with Crippen LogP contribution >= 0.6 is 11.6 Å². The van der Waals surface area contributed by atoms with Crippen molar-refractivity contribution < 1.29 is 18.8 Å². The molecular formula is C19H25ClN4O4. The Morgan fingerprint density at radius 1 is 1.32 bits per heavy atom. The number of pyridine rings is 1. The lowest BCUT2D eigenvalue weighted by atomic mass is 10.1. The SMILES string of the molecule is C[C@@H](OC1CCN(C(=O)OC(C)(C)C)CC1)c1nc(-c2ccc(Cl)nc2)no1. The van der Waals surface area contributed by atoms with Crippen LogP contribution in [0.2, 0.25) is 5.15 Å². The third-order valence-corrected chi connectivity index (χ3v) is 4.49. The van der Waals surface area contributed by atoms with E-state index in [1.165, 1.54) is 0 Å². The monoisotopic (exact) mass is 408 g/mol. The number of likely N-dealkylation sites (tertiary alicyclic amines) is 1. The van der Waals surface area contributed by atoms with Crippen molar-refractivity contribution in [2.45, 2.75) is 58.3 Å². The van der Waals surface area contributed by atoms with Gasteiger partial charge in [-0.25, -0.2) is 9.78 Å². The molecule has 0 bridgehead atoms. The maximum Gasteiger partial charge on any atom is 0.410 e. The van der Waals surface area contributed by atoms with Gasteiger partial charge in [0, 0.05) is 24.8 Å². The van der Waals surface area contributed by atoms with Gasteiger partial charge in [0.1, 0.15) is 16.9 Å². The normalized spacial score (nSPS) is 16.8. The Balaban J connectivity index is 1.51. The molecule has 0 saturated carbocycles. The lowest BCUT2D eigenvalue weighted by Crippen LogP contribution is -2.43. The number of amides is 1.